The number of ether oxygens (including phenoxy) is 2. The summed E-state index contributed by atoms with van der Waals surface area (Å²) in [6.45, 7) is 2.74. The summed E-state index contributed by atoms with van der Waals surface area (Å²) in [6, 6.07) is 3.91. The van der Waals surface area contributed by atoms with Crippen molar-refractivity contribution < 1.29 is 9.47 Å². The number of nitrogens with zero attached hydrogens (tertiary/aromatic N) is 1. The van der Waals surface area contributed by atoms with Crippen molar-refractivity contribution in [2.75, 3.05) is 19.5 Å². The van der Waals surface area contributed by atoms with E-state index in [1.165, 1.54) is 0 Å². The van der Waals surface area contributed by atoms with Gasteiger partial charge in [-0.1, -0.05) is 0 Å². The highest BCUT2D eigenvalue weighted by Crippen LogP contribution is 2.33. The van der Waals surface area contributed by atoms with Crippen molar-refractivity contribution in [3.05, 3.63) is 34.3 Å². The highest BCUT2D eigenvalue weighted by Gasteiger charge is 2.08. The van der Waals surface area contributed by atoms with E-state index in [4.69, 9.17) is 9.47 Å². The number of aromatic nitrogens is 1. The molecule has 1 heterocycles. The van der Waals surface area contributed by atoms with Gasteiger partial charge in [0.2, 0.25) is 0 Å². The van der Waals surface area contributed by atoms with Crippen LogP contribution in [0.3, 0.4) is 0 Å². The second kappa shape index (κ2) is 5.73. The van der Waals surface area contributed by atoms with Crippen LogP contribution in [0.15, 0.2) is 23.0 Å². The van der Waals surface area contributed by atoms with Gasteiger partial charge in [0.1, 0.15) is 0 Å². The molecular weight excluding hydrogens is 248 g/mol. The molecule has 0 amide bonds. The zero-order valence-corrected chi connectivity index (χ0v) is 11.5. The molecule has 0 saturated heterocycles. The molecule has 0 fully saturated rings. The van der Waals surface area contributed by atoms with Gasteiger partial charge in [-0.05, 0) is 18.6 Å². The van der Waals surface area contributed by atoms with Gasteiger partial charge in [-0.25, -0.2) is 4.98 Å². The van der Waals surface area contributed by atoms with E-state index in [9.17, 15) is 0 Å². The van der Waals surface area contributed by atoms with E-state index in [1.807, 2.05) is 29.9 Å². The van der Waals surface area contributed by atoms with Crippen LogP contribution in [0, 0.1) is 6.92 Å². The highest BCUT2D eigenvalue weighted by atomic mass is 32.1. The Kier molecular flexibility index (Phi) is 4.04. The Labute approximate surface area is 111 Å². The van der Waals surface area contributed by atoms with Crippen molar-refractivity contribution in [3.8, 4) is 11.5 Å². The zero-order valence-electron chi connectivity index (χ0n) is 10.7. The van der Waals surface area contributed by atoms with Gasteiger partial charge in [-0.2, -0.15) is 0 Å². The quantitative estimate of drug-likeness (QED) is 0.901. The normalized spacial score (nSPS) is 10.2. The maximum atomic E-state index is 5.29. The molecule has 1 aromatic carbocycles. The lowest BCUT2D eigenvalue weighted by molar-refractivity contribution is 0.355. The molecule has 0 radical (unpaired) electrons. The van der Waals surface area contributed by atoms with Crippen molar-refractivity contribution in [1.29, 1.82) is 0 Å². The lowest BCUT2D eigenvalue weighted by Gasteiger charge is -2.13. The number of hydrogen-bond acceptors (Lipinski definition) is 5. The Hall–Kier alpha value is -1.75. The largest absolute Gasteiger partial charge is 0.493 e. The van der Waals surface area contributed by atoms with Crippen LogP contribution in [0.2, 0.25) is 0 Å². The third-order valence-electron chi connectivity index (χ3n) is 2.67. The van der Waals surface area contributed by atoms with E-state index < -0.39 is 0 Å². The number of methoxy groups -OCH3 is 2. The van der Waals surface area contributed by atoms with Crippen molar-refractivity contribution >= 4 is 17.0 Å². The molecule has 1 aromatic heterocycles. The van der Waals surface area contributed by atoms with Crippen LogP contribution < -0.4 is 14.8 Å². The summed E-state index contributed by atoms with van der Waals surface area (Å²) in [4.78, 5) is 4.24. The van der Waals surface area contributed by atoms with Crippen LogP contribution >= 0.6 is 11.3 Å². The summed E-state index contributed by atoms with van der Waals surface area (Å²) >= 11 is 1.60. The molecule has 0 saturated carbocycles. The maximum Gasteiger partial charge on any atom is 0.162 e. The fourth-order valence-electron chi connectivity index (χ4n) is 1.68. The zero-order chi connectivity index (χ0) is 13.0. The first kappa shape index (κ1) is 12.7. The third-order valence-corrected chi connectivity index (χ3v) is 3.31. The van der Waals surface area contributed by atoms with Crippen LogP contribution in [0.1, 0.15) is 11.3 Å². The Balaban J connectivity index is 2.17. The molecule has 0 aliphatic heterocycles. The molecule has 0 bridgehead atoms. The Morgan fingerprint density at radius 3 is 2.56 bits per heavy atom. The SMILES string of the molecule is COc1cc(C)c(NCc2cscn2)cc1OC. The molecular formula is C13H16N2O2S. The number of thiazole rings is 1. The molecule has 96 valence electrons. The van der Waals surface area contributed by atoms with Crippen molar-refractivity contribution in [2.24, 2.45) is 0 Å². The van der Waals surface area contributed by atoms with Gasteiger partial charge in [0.05, 0.1) is 32.0 Å². The average Bonchev–Trinajstić information content (AvgIpc) is 2.90. The molecule has 2 rings (SSSR count). The molecule has 18 heavy (non-hydrogen) atoms. The molecule has 2 aromatic rings. The maximum absolute atomic E-state index is 5.29. The second-order valence-corrected chi connectivity index (χ2v) is 4.57. The van der Waals surface area contributed by atoms with Gasteiger partial charge in [-0.15, -0.1) is 11.3 Å². The number of benzene rings is 1. The minimum Gasteiger partial charge on any atom is -0.493 e. The molecule has 0 unspecified atom stereocenters. The van der Waals surface area contributed by atoms with E-state index in [0.717, 1.165) is 28.4 Å². The van der Waals surface area contributed by atoms with Crippen molar-refractivity contribution in [2.45, 2.75) is 13.5 Å². The van der Waals surface area contributed by atoms with Crippen LogP contribution in [-0.2, 0) is 6.54 Å². The minimum atomic E-state index is 0.708. The number of aryl methyl sites for hydroxylation is 1. The summed E-state index contributed by atoms with van der Waals surface area (Å²) in [5.74, 6) is 1.47. The molecule has 0 aliphatic rings. The Morgan fingerprint density at radius 1 is 1.22 bits per heavy atom. The first-order chi connectivity index (χ1) is 8.74. The average molecular weight is 264 g/mol. The lowest BCUT2D eigenvalue weighted by Crippen LogP contribution is -2.02. The fourth-order valence-corrected chi connectivity index (χ4v) is 2.24. The molecule has 0 aliphatic carbocycles. The summed E-state index contributed by atoms with van der Waals surface area (Å²) < 4.78 is 10.5. The molecule has 5 heteroatoms. The number of hydrogen-bond donors (Lipinski definition) is 1. The highest BCUT2D eigenvalue weighted by molar-refractivity contribution is 7.07. The third kappa shape index (κ3) is 2.73. The van der Waals surface area contributed by atoms with Crippen molar-refractivity contribution in [3.63, 3.8) is 0 Å². The Bertz CT molecular complexity index is 512. The van der Waals surface area contributed by atoms with Gasteiger partial charge >= 0.3 is 0 Å². The number of nitrogens with one attached hydrogen (secondary N) is 1. The second-order valence-electron chi connectivity index (χ2n) is 3.86. The van der Waals surface area contributed by atoms with E-state index in [-0.39, 0.29) is 0 Å². The first-order valence-electron chi connectivity index (χ1n) is 5.58. The van der Waals surface area contributed by atoms with Crippen LogP contribution in [0.4, 0.5) is 5.69 Å². The smallest absolute Gasteiger partial charge is 0.162 e. The van der Waals surface area contributed by atoms with E-state index >= 15 is 0 Å². The van der Waals surface area contributed by atoms with Crippen LogP contribution in [0.25, 0.3) is 0 Å². The predicted octanol–water partition coefficient (Wildman–Crippen LogP) is 3.08. The summed E-state index contributed by atoms with van der Waals surface area (Å²) in [7, 11) is 3.27. The molecule has 1 N–H and O–H groups in total. The monoisotopic (exact) mass is 264 g/mol. The topological polar surface area (TPSA) is 43.4 Å². The lowest BCUT2D eigenvalue weighted by atomic mass is 10.1. The van der Waals surface area contributed by atoms with E-state index in [0.29, 0.717) is 6.54 Å². The molecule has 0 atom stereocenters. The Morgan fingerprint density at radius 2 is 1.94 bits per heavy atom. The van der Waals surface area contributed by atoms with Gasteiger partial charge in [0, 0.05) is 17.1 Å². The summed E-state index contributed by atoms with van der Waals surface area (Å²) in [5.41, 5.74) is 5.01. The summed E-state index contributed by atoms with van der Waals surface area (Å²) in [6.07, 6.45) is 0. The summed E-state index contributed by atoms with van der Waals surface area (Å²) in [5, 5.41) is 5.38. The van der Waals surface area contributed by atoms with E-state index in [2.05, 4.69) is 10.3 Å². The van der Waals surface area contributed by atoms with Crippen molar-refractivity contribution in [1.82, 2.24) is 4.98 Å². The fraction of sp³-hybridized carbons (Fsp3) is 0.308. The van der Waals surface area contributed by atoms with Gasteiger partial charge in [0.25, 0.3) is 0 Å². The van der Waals surface area contributed by atoms with Gasteiger partial charge in [0.15, 0.2) is 11.5 Å². The van der Waals surface area contributed by atoms with Gasteiger partial charge in [-0.3, -0.25) is 0 Å². The van der Waals surface area contributed by atoms with Crippen LogP contribution in [-0.4, -0.2) is 19.2 Å². The number of rotatable bonds is 5. The van der Waals surface area contributed by atoms with Gasteiger partial charge < -0.3 is 14.8 Å². The first-order valence-corrected chi connectivity index (χ1v) is 6.52. The molecule has 4 nitrogen and oxygen atoms in total. The number of anilines is 1. The minimum absolute atomic E-state index is 0.708. The predicted molar refractivity (Wildman–Crippen MR) is 73.7 cm³/mol. The van der Waals surface area contributed by atoms with Crippen LogP contribution in [0.5, 0.6) is 11.5 Å². The molecule has 0 spiro atoms. The standard InChI is InChI=1S/C13H16N2O2S/c1-9-4-12(16-2)13(17-3)5-11(9)14-6-10-7-18-8-15-10/h4-5,7-8,14H,6H2,1-3H3. The van der Waals surface area contributed by atoms with E-state index in [1.54, 1.807) is 25.6 Å².